The van der Waals surface area contributed by atoms with Gasteiger partial charge in [0.2, 0.25) is 0 Å². The molecule has 0 bridgehead atoms. The van der Waals surface area contributed by atoms with Crippen LogP contribution >= 0.6 is 0 Å². The summed E-state index contributed by atoms with van der Waals surface area (Å²) in [7, 11) is 0. The van der Waals surface area contributed by atoms with Crippen molar-refractivity contribution < 1.29 is 13.2 Å². The van der Waals surface area contributed by atoms with E-state index in [-0.39, 0.29) is 0 Å². The number of rotatable bonds is 5. The molecule has 2 nitrogen and oxygen atoms in total. The van der Waals surface area contributed by atoms with Crippen molar-refractivity contribution in [2.75, 3.05) is 26.2 Å². The number of hydrogen-bond donors (Lipinski definition) is 1. The van der Waals surface area contributed by atoms with Gasteiger partial charge in [-0.25, -0.2) is 0 Å². The van der Waals surface area contributed by atoms with Gasteiger partial charge in [0.15, 0.2) is 0 Å². The second kappa shape index (κ2) is 7.32. The maximum Gasteiger partial charge on any atom is 0.401 e. The number of likely N-dealkylation sites (tertiary alicyclic amines) is 1. The lowest BCUT2D eigenvalue weighted by molar-refractivity contribution is -0.143. The van der Waals surface area contributed by atoms with Crippen molar-refractivity contribution in [3.63, 3.8) is 0 Å². The van der Waals surface area contributed by atoms with E-state index in [4.69, 9.17) is 0 Å². The van der Waals surface area contributed by atoms with Crippen LogP contribution in [0.15, 0.2) is 0 Å². The SMILES string of the molecule is CC(C)C1CCC(NCC2CCN(CC(F)(F)F)C2)CC1. The molecule has 0 spiro atoms. The van der Waals surface area contributed by atoms with Crippen molar-refractivity contribution in [1.29, 1.82) is 0 Å². The minimum absolute atomic E-state index is 0.384. The second-order valence-electron chi connectivity index (χ2n) is 7.27. The lowest BCUT2D eigenvalue weighted by atomic mass is 9.79. The van der Waals surface area contributed by atoms with Crippen LogP contribution in [0.1, 0.15) is 46.0 Å². The van der Waals surface area contributed by atoms with Crippen LogP contribution < -0.4 is 5.32 Å². The van der Waals surface area contributed by atoms with Gasteiger partial charge in [0, 0.05) is 12.6 Å². The van der Waals surface area contributed by atoms with Crippen LogP contribution in [-0.2, 0) is 0 Å². The van der Waals surface area contributed by atoms with E-state index in [1.165, 1.54) is 25.7 Å². The minimum Gasteiger partial charge on any atom is -0.314 e. The van der Waals surface area contributed by atoms with Gasteiger partial charge < -0.3 is 5.32 Å². The lowest BCUT2D eigenvalue weighted by Gasteiger charge is -2.32. The first kappa shape index (κ1) is 17.1. The first-order chi connectivity index (χ1) is 9.83. The van der Waals surface area contributed by atoms with Crippen molar-refractivity contribution in [3.05, 3.63) is 0 Å². The Bertz CT molecular complexity index is 309. The fourth-order valence-corrected chi connectivity index (χ4v) is 3.80. The molecule has 1 heterocycles. The molecule has 0 aromatic carbocycles. The van der Waals surface area contributed by atoms with Crippen LogP contribution in [0, 0.1) is 17.8 Å². The molecule has 0 radical (unpaired) electrons. The Labute approximate surface area is 126 Å². The normalized spacial score (nSPS) is 32.0. The highest BCUT2D eigenvalue weighted by Crippen LogP contribution is 2.30. The lowest BCUT2D eigenvalue weighted by Crippen LogP contribution is -2.38. The molecule has 1 aliphatic heterocycles. The molecule has 1 saturated carbocycles. The molecular formula is C16H29F3N2. The van der Waals surface area contributed by atoms with Crippen LogP contribution in [0.4, 0.5) is 13.2 Å². The van der Waals surface area contributed by atoms with Gasteiger partial charge in [-0.3, -0.25) is 4.90 Å². The molecule has 1 atom stereocenters. The Kier molecular flexibility index (Phi) is 5.95. The van der Waals surface area contributed by atoms with Crippen molar-refractivity contribution in [1.82, 2.24) is 10.2 Å². The molecule has 21 heavy (non-hydrogen) atoms. The fourth-order valence-electron chi connectivity index (χ4n) is 3.80. The van der Waals surface area contributed by atoms with Crippen LogP contribution in [0.5, 0.6) is 0 Å². The van der Waals surface area contributed by atoms with Crippen LogP contribution in [0.2, 0.25) is 0 Å². The molecule has 2 aliphatic rings. The van der Waals surface area contributed by atoms with Crippen molar-refractivity contribution >= 4 is 0 Å². The van der Waals surface area contributed by atoms with E-state index in [0.29, 0.717) is 25.0 Å². The van der Waals surface area contributed by atoms with Gasteiger partial charge in [-0.1, -0.05) is 13.8 Å². The molecule has 0 aromatic heterocycles. The third-order valence-corrected chi connectivity index (χ3v) is 5.18. The van der Waals surface area contributed by atoms with Crippen LogP contribution in [0.25, 0.3) is 0 Å². The maximum absolute atomic E-state index is 12.4. The Morgan fingerprint density at radius 3 is 2.33 bits per heavy atom. The number of nitrogens with zero attached hydrogens (tertiary/aromatic N) is 1. The van der Waals surface area contributed by atoms with Crippen molar-refractivity contribution in [3.8, 4) is 0 Å². The third-order valence-electron chi connectivity index (χ3n) is 5.18. The van der Waals surface area contributed by atoms with Crippen LogP contribution in [0.3, 0.4) is 0 Å². The molecule has 1 saturated heterocycles. The summed E-state index contributed by atoms with van der Waals surface area (Å²) in [5.74, 6) is 2.02. The third kappa shape index (κ3) is 5.78. The molecule has 5 heteroatoms. The zero-order valence-corrected chi connectivity index (χ0v) is 13.3. The zero-order valence-electron chi connectivity index (χ0n) is 13.3. The summed E-state index contributed by atoms with van der Waals surface area (Å²) in [5, 5.41) is 3.60. The standard InChI is InChI=1S/C16H29F3N2/c1-12(2)14-3-5-15(6-4-14)20-9-13-7-8-21(10-13)11-16(17,18)19/h12-15,20H,3-11H2,1-2H3. The Balaban J connectivity index is 1.62. The smallest absolute Gasteiger partial charge is 0.314 e. The Morgan fingerprint density at radius 2 is 1.76 bits per heavy atom. The quantitative estimate of drug-likeness (QED) is 0.833. The molecule has 2 rings (SSSR count). The van der Waals surface area contributed by atoms with Gasteiger partial charge in [-0.15, -0.1) is 0 Å². The van der Waals surface area contributed by atoms with E-state index in [0.717, 1.165) is 24.8 Å². The molecular weight excluding hydrogens is 277 g/mol. The van der Waals surface area contributed by atoms with Gasteiger partial charge in [0.1, 0.15) is 0 Å². The monoisotopic (exact) mass is 306 g/mol. The number of alkyl halides is 3. The average Bonchev–Trinajstić information content (AvgIpc) is 2.82. The Morgan fingerprint density at radius 1 is 1.10 bits per heavy atom. The predicted octanol–water partition coefficient (Wildman–Crippen LogP) is 3.68. The molecule has 1 N–H and O–H groups in total. The highest BCUT2D eigenvalue weighted by atomic mass is 19.4. The predicted molar refractivity (Wildman–Crippen MR) is 79.2 cm³/mol. The van der Waals surface area contributed by atoms with E-state index in [1.807, 2.05) is 0 Å². The van der Waals surface area contributed by atoms with Crippen LogP contribution in [-0.4, -0.2) is 43.3 Å². The average molecular weight is 306 g/mol. The largest absolute Gasteiger partial charge is 0.401 e. The van der Waals surface area contributed by atoms with E-state index in [1.54, 1.807) is 4.90 Å². The maximum atomic E-state index is 12.4. The zero-order chi connectivity index (χ0) is 15.5. The molecule has 0 aromatic rings. The highest BCUT2D eigenvalue weighted by Gasteiger charge is 2.34. The van der Waals surface area contributed by atoms with Gasteiger partial charge in [-0.05, 0) is 62.9 Å². The molecule has 2 fully saturated rings. The minimum atomic E-state index is -4.06. The van der Waals surface area contributed by atoms with E-state index in [2.05, 4.69) is 19.2 Å². The first-order valence-corrected chi connectivity index (χ1v) is 8.36. The molecule has 124 valence electrons. The second-order valence-corrected chi connectivity index (χ2v) is 7.27. The summed E-state index contributed by atoms with van der Waals surface area (Å²) in [6, 6.07) is 0.580. The van der Waals surface area contributed by atoms with E-state index >= 15 is 0 Å². The number of nitrogens with one attached hydrogen (secondary N) is 1. The van der Waals surface area contributed by atoms with Gasteiger partial charge >= 0.3 is 6.18 Å². The fraction of sp³-hybridized carbons (Fsp3) is 1.00. The van der Waals surface area contributed by atoms with Gasteiger partial charge in [0.25, 0.3) is 0 Å². The molecule has 0 amide bonds. The summed E-state index contributed by atoms with van der Waals surface area (Å²) in [6.45, 7) is 5.91. The van der Waals surface area contributed by atoms with E-state index < -0.39 is 12.7 Å². The summed E-state index contributed by atoms with van der Waals surface area (Å²) in [6.07, 6.45) is 1.87. The van der Waals surface area contributed by atoms with Crippen molar-refractivity contribution in [2.45, 2.75) is 58.2 Å². The summed E-state index contributed by atoms with van der Waals surface area (Å²) < 4.78 is 37.1. The topological polar surface area (TPSA) is 15.3 Å². The summed E-state index contributed by atoms with van der Waals surface area (Å²) in [4.78, 5) is 1.54. The highest BCUT2D eigenvalue weighted by molar-refractivity contribution is 4.83. The first-order valence-electron chi connectivity index (χ1n) is 8.36. The van der Waals surface area contributed by atoms with Gasteiger partial charge in [-0.2, -0.15) is 13.2 Å². The number of hydrogen-bond acceptors (Lipinski definition) is 2. The summed E-state index contributed by atoms with van der Waals surface area (Å²) in [5.41, 5.74) is 0. The molecule has 1 unspecified atom stereocenters. The Hall–Kier alpha value is -0.290. The van der Waals surface area contributed by atoms with Crippen molar-refractivity contribution in [2.24, 2.45) is 17.8 Å². The summed E-state index contributed by atoms with van der Waals surface area (Å²) >= 11 is 0. The number of halogens is 3. The van der Waals surface area contributed by atoms with Gasteiger partial charge in [0.05, 0.1) is 6.54 Å². The molecule has 1 aliphatic carbocycles. The van der Waals surface area contributed by atoms with E-state index in [9.17, 15) is 13.2 Å².